The maximum Gasteiger partial charge on any atom is 0.416 e. The fourth-order valence-corrected chi connectivity index (χ4v) is 2.98. The first-order valence-corrected chi connectivity index (χ1v) is 8.33. The van der Waals surface area contributed by atoms with Crippen LogP contribution in [0.5, 0.6) is 0 Å². The summed E-state index contributed by atoms with van der Waals surface area (Å²) in [5.41, 5.74) is 1.09. The Balaban J connectivity index is 2.95. The van der Waals surface area contributed by atoms with Crippen LogP contribution < -0.4 is 5.32 Å². The number of alkyl halides is 3. The van der Waals surface area contributed by atoms with Crippen molar-refractivity contribution in [3.63, 3.8) is 0 Å². The van der Waals surface area contributed by atoms with Crippen LogP contribution in [0.4, 0.5) is 13.2 Å². The number of thioether (sulfide) groups is 1. The van der Waals surface area contributed by atoms with E-state index in [1.54, 1.807) is 13.0 Å². The second-order valence-electron chi connectivity index (χ2n) is 5.46. The van der Waals surface area contributed by atoms with E-state index in [1.807, 2.05) is 11.8 Å². The lowest BCUT2D eigenvalue weighted by atomic mass is 9.99. The van der Waals surface area contributed by atoms with Crippen LogP contribution in [0.15, 0.2) is 18.2 Å². The molecule has 0 heterocycles. The van der Waals surface area contributed by atoms with Gasteiger partial charge in [0.15, 0.2) is 0 Å². The number of hydrogen-bond acceptors (Lipinski definition) is 2. The van der Waals surface area contributed by atoms with Gasteiger partial charge in [-0.3, -0.25) is 0 Å². The monoisotopic (exact) mass is 319 g/mol. The van der Waals surface area contributed by atoms with Crippen LogP contribution in [0.3, 0.4) is 0 Å². The molecular formula is C16H24F3NS. The smallest absolute Gasteiger partial charge is 0.309 e. The second-order valence-corrected chi connectivity index (χ2v) is 7.07. The van der Waals surface area contributed by atoms with Crippen molar-refractivity contribution in [2.24, 2.45) is 0 Å². The molecule has 0 fully saturated rings. The molecule has 1 unspecified atom stereocenters. The van der Waals surface area contributed by atoms with Crippen LogP contribution in [0, 0.1) is 6.92 Å². The number of benzene rings is 1. The molecule has 120 valence electrons. The van der Waals surface area contributed by atoms with Gasteiger partial charge >= 0.3 is 6.18 Å². The van der Waals surface area contributed by atoms with Gasteiger partial charge in [0.05, 0.1) is 5.56 Å². The summed E-state index contributed by atoms with van der Waals surface area (Å²) >= 11 is 1.82. The molecule has 0 radical (unpaired) electrons. The lowest BCUT2D eigenvalue weighted by Gasteiger charge is -2.22. The van der Waals surface area contributed by atoms with E-state index in [-0.39, 0.29) is 6.04 Å². The van der Waals surface area contributed by atoms with Crippen LogP contribution >= 0.6 is 11.8 Å². The van der Waals surface area contributed by atoms with Crippen LogP contribution in [-0.4, -0.2) is 17.5 Å². The van der Waals surface area contributed by atoms with E-state index in [2.05, 4.69) is 26.1 Å². The van der Waals surface area contributed by atoms with Crippen molar-refractivity contribution in [3.05, 3.63) is 34.9 Å². The van der Waals surface area contributed by atoms with Crippen LogP contribution in [0.25, 0.3) is 0 Å². The number of aryl methyl sites for hydroxylation is 1. The fourth-order valence-electron chi connectivity index (χ4n) is 2.11. The van der Waals surface area contributed by atoms with Gasteiger partial charge in [-0.2, -0.15) is 24.9 Å². The van der Waals surface area contributed by atoms with Crippen molar-refractivity contribution < 1.29 is 13.2 Å². The van der Waals surface area contributed by atoms with Crippen LogP contribution in [0.2, 0.25) is 0 Å². The van der Waals surface area contributed by atoms with Crippen LogP contribution in [0.1, 0.15) is 49.9 Å². The van der Waals surface area contributed by atoms with Gasteiger partial charge in [-0.1, -0.05) is 26.8 Å². The third-order valence-corrected chi connectivity index (χ3v) is 4.40. The number of halogens is 3. The first-order chi connectivity index (χ1) is 9.75. The lowest BCUT2D eigenvalue weighted by molar-refractivity contribution is -0.137. The number of rotatable bonds is 7. The van der Waals surface area contributed by atoms with E-state index in [0.29, 0.717) is 10.8 Å². The summed E-state index contributed by atoms with van der Waals surface area (Å²) in [7, 11) is 0. The quantitative estimate of drug-likeness (QED) is 0.741. The van der Waals surface area contributed by atoms with Gasteiger partial charge in [-0.25, -0.2) is 0 Å². The zero-order valence-electron chi connectivity index (χ0n) is 13.1. The summed E-state index contributed by atoms with van der Waals surface area (Å²) in [5, 5.41) is 3.94. The Kier molecular flexibility index (Phi) is 7.07. The Bertz CT molecular complexity index is 444. The average Bonchev–Trinajstić information content (AvgIpc) is 2.38. The molecule has 1 aromatic carbocycles. The van der Waals surface area contributed by atoms with E-state index < -0.39 is 11.7 Å². The average molecular weight is 319 g/mol. The minimum Gasteiger partial charge on any atom is -0.309 e. The zero-order chi connectivity index (χ0) is 16.0. The molecule has 21 heavy (non-hydrogen) atoms. The van der Waals surface area contributed by atoms with E-state index in [1.165, 1.54) is 12.1 Å². The predicted octanol–water partition coefficient (Wildman–Crippen LogP) is 5.20. The highest BCUT2D eigenvalue weighted by molar-refractivity contribution is 7.99. The molecule has 0 aliphatic carbocycles. The third-order valence-electron chi connectivity index (χ3n) is 3.21. The highest BCUT2D eigenvalue weighted by atomic mass is 32.2. The maximum absolute atomic E-state index is 12.7. The normalized spacial score (nSPS) is 13.7. The summed E-state index contributed by atoms with van der Waals surface area (Å²) in [6, 6.07) is 4.14. The Morgan fingerprint density at radius 2 is 1.90 bits per heavy atom. The molecular weight excluding hydrogens is 295 g/mol. The molecule has 0 saturated heterocycles. The first-order valence-electron chi connectivity index (χ1n) is 7.28. The maximum atomic E-state index is 12.7. The number of nitrogens with one attached hydrogen (secondary N) is 1. The van der Waals surface area contributed by atoms with Crippen molar-refractivity contribution in [3.8, 4) is 0 Å². The molecule has 0 aliphatic heterocycles. The SMILES string of the molecule is CCCNC(CSC(C)C)c1ccc(C(F)(F)F)cc1C. The van der Waals surface area contributed by atoms with Gasteiger partial charge < -0.3 is 5.32 Å². The van der Waals surface area contributed by atoms with Gasteiger partial charge in [-0.05, 0) is 48.4 Å². The molecule has 5 heteroatoms. The molecule has 1 nitrogen and oxygen atoms in total. The zero-order valence-corrected chi connectivity index (χ0v) is 13.9. The highest BCUT2D eigenvalue weighted by Gasteiger charge is 2.31. The fraction of sp³-hybridized carbons (Fsp3) is 0.625. The van der Waals surface area contributed by atoms with Crippen LogP contribution in [-0.2, 0) is 6.18 Å². The van der Waals surface area contributed by atoms with Crippen molar-refractivity contribution >= 4 is 11.8 Å². The highest BCUT2D eigenvalue weighted by Crippen LogP contribution is 2.32. The van der Waals surface area contributed by atoms with Gasteiger partial charge in [0.2, 0.25) is 0 Å². The molecule has 0 saturated carbocycles. The van der Waals surface area contributed by atoms with Gasteiger partial charge in [0, 0.05) is 11.8 Å². The molecule has 0 aromatic heterocycles. The standard InChI is InChI=1S/C16H24F3NS/c1-5-8-20-15(10-21-11(2)3)14-7-6-13(9-12(14)4)16(17,18)19/h6-7,9,11,15,20H,5,8,10H2,1-4H3. The van der Waals surface area contributed by atoms with Gasteiger partial charge in [0.1, 0.15) is 0 Å². The number of hydrogen-bond donors (Lipinski definition) is 1. The minimum absolute atomic E-state index is 0.0969. The van der Waals surface area contributed by atoms with Crippen molar-refractivity contribution in [2.75, 3.05) is 12.3 Å². The molecule has 1 N–H and O–H groups in total. The van der Waals surface area contributed by atoms with Crippen molar-refractivity contribution in [1.29, 1.82) is 0 Å². The first kappa shape index (κ1) is 18.4. The predicted molar refractivity (Wildman–Crippen MR) is 84.8 cm³/mol. The molecule has 0 amide bonds. The van der Waals surface area contributed by atoms with Gasteiger partial charge in [-0.15, -0.1) is 0 Å². The van der Waals surface area contributed by atoms with Crippen molar-refractivity contribution in [1.82, 2.24) is 5.32 Å². The summed E-state index contributed by atoms with van der Waals surface area (Å²) < 4.78 is 38.2. The third kappa shape index (κ3) is 5.91. The van der Waals surface area contributed by atoms with E-state index in [4.69, 9.17) is 0 Å². The second kappa shape index (κ2) is 8.08. The molecule has 0 aliphatic rings. The lowest BCUT2D eigenvalue weighted by Crippen LogP contribution is -2.25. The van der Waals surface area contributed by atoms with E-state index >= 15 is 0 Å². The molecule has 0 bridgehead atoms. The summed E-state index contributed by atoms with van der Waals surface area (Å²) in [6.45, 7) is 8.95. The molecule has 1 rings (SSSR count). The van der Waals surface area contributed by atoms with E-state index in [0.717, 1.165) is 24.3 Å². The summed E-state index contributed by atoms with van der Waals surface area (Å²) in [5.74, 6) is 0.865. The molecule has 0 spiro atoms. The summed E-state index contributed by atoms with van der Waals surface area (Å²) in [6.07, 6.45) is -3.27. The van der Waals surface area contributed by atoms with Crippen molar-refractivity contribution in [2.45, 2.75) is 51.6 Å². The summed E-state index contributed by atoms with van der Waals surface area (Å²) in [4.78, 5) is 0. The Morgan fingerprint density at radius 1 is 1.24 bits per heavy atom. The molecule has 1 aromatic rings. The Labute approximate surface area is 129 Å². The largest absolute Gasteiger partial charge is 0.416 e. The Hall–Kier alpha value is -0.680. The Morgan fingerprint density at radius 3 is 2.38 bits per heavy atom. The van der Waals surface area contributed by atoms with E-state index in [9.17, 15) is 13.2 Å². The van der Waals surface area contributed by atoms with Gasteiger partial charge in [0.25, 0.3) is 0 Å². The minimum atomic E-state index is -4.28. The molecule has 1 atom stereocenters. The topological polar surface area (TPSA) is 12.0 Å².